The number of hydrogen-bond acceptors (Lipinski definition) is 11. The quantitative estimate of drug-likeness (QED) is 0.0413. The van der Waals surface area contributed by atoms with Gasteiger partial charge in [0.25, 0.3) is 11.8 Å². The molecule has 4 aliphatic heterocycles. The number of Topliss-reactive ketones (excluding diaryl/α,β-unsaturated/α-hetero) is 1. The zero-order valence-corrected chi connectivity index (χ0v) is 40.4. The predicted octanol–water partition coefficient (Wildman–Crippen LogP) is 7.47. The smallest absolute Gasteiger partial charge is 0.262 e. The number of ketones is 1. The Bertz CT molecular complexity index is 2770. The van der Waals surface area contributed by atoms with E-state index < -0.39 is 64.3 Å². The SMILES string of the molecule is O=C1CCC(N2C(=O)c3cccc(CCCOCCOCCOCCCC(=O)c4ccc(NC(=O)[C@@H]5NC6(CCCCC6)[C@@]6(C(=O)Nc7cc(Cl)ccc76)[C@H]5c5cccc(Cl)c5F)cc4)c3C2=O)C(=O)N1. The third kappa shape index (κ3) is 9.65. The zero-order chi connectivity index (χ0) is 49.9. The van der Waals surface area contributed by atoms with Crippen molar-refractivity contribution in [3.05, 3.63) is 128 Å². The molecule has 4 N–H and O–H groups in total. The summed E-state index contributed by atoms with van der Waals surface area (Å²) in [4.78, 5) is 93.6. The van der Waals surface area contributed by atoms with Gasteiger partial charge in [-0.2, -0.15) is 0 Å². The number of halogens is 3. The first-order valence-electron chi connectivity index (χ1n) is 24.2. The van der Waals surface area contributed by atoms with Gasteiger partial charge in [-0.3, -0.25) is 49.1 Å². The predicted molar refractivity (Wildman–Crippen MR) is 261 cm³/mol. The highest BCUT2D eigenvalue weighted by Gasteiger charge is 2.72. The third-order valence-corrected chi connectivity index (χ3v) is 15.0. The van der Waals surface area contributed by atoms with Crippen molar-refractivity contribution < 1.29 is 52.2 Å². The normalized spacial score (nSPS) is 22.2. The van der Waals surface area contributed by atoms with Crippen LogP contribution in [0, 0.1) is 5.82 Å². The standard InChI is InChI=1S/C53H54Cl2FN5O10/c54-33-16-19-37-39(30-33)58-51(68)53(37)44(36-11-5-12-38(55)45(36)56)46(60-52(53)22-2-1-3-23-52)48(65)57-34-17-14-31(15-18-34)41(62)13-7-25-70-27-29-71-28-26-69-24-6-9-32-8-4-10-35-43(32)50(67)61(49(35)66)40-20-21-42(63)59-47(40)64/h4-5,8,10-12,14-19,30,40,44,46,60H,1-3,6-7,9,13,20-29H2,(H,57,65)(H,58,68)(H,59,63,64)/t40?,44-,46+,53+/m0/s1. The second-order valence-corrected chi connectivity index (χ2v) is 19.5. The van der Waals surface area contributed by atoms with Gasteiger partial charge in [-0.1, -0.05) is 72.8 Å². The fourth-order valence-corrected chi connectivity index (χ4v) is 11.7. The van der Waals surface area contributed by atoms with E-state index in [2.05, 4.69) is 21.3 Å². The summed E-state index contributed by atoms with van der Waals surface area (Å²) in [5.41, 5.74) is 1.26. The van der Waals surface area contributed by atoms with Crippen molar-refractivity contribution in [2.45, 2.75) is 99.6 Å². The van der Waals surface area contributed by atoms with Crippen LogP contribution in [0.1, 0.15) is 118 Å². The van der Waals surface area contributed by atoms with Crippen molar-refractivity contribution in [1.82, 2.24) is 15.5 Å². The van der Waals surface area contributed by atoms with Crippen LogP contribution in [0.5, 0.6) is 0 Å². The Morgan fingerprint density at radius 1 is 0.789 bits per heavy atom. The molecule has 5 aliphatic rings. The molecule has 0 bridgehead atoms. The summed E-state index contributed by atoms with van der Waals surface area (Å²) in [6, 6.07) is 19.5. The molecule has 9 rings (SSSR count). The van der Waals surface area contributed by atoms with Crippen LogP contribution in [0.3, 0.4) is 0 Å². The van der Waals surface area contributed by atoms with Crippen molar-refractivity contribution in [2.24, 2.45) is 0 Å². The molecule has 1 aliphatic carbocycles. The molecule has 2 spiro atoms. The number of fused-ring (bicyclic) bond motifs is 4. The summed E-state index contributed by atoms with van der Waals surface area (Å²) < 4.78 is 33.2. The monoisotopic (exact) mass is 1010 g/mol. The van der Waals surface area contributed by atoms with Crippen LogP contribution in [0.4, 0.5) is 15.8 Å². The molecule has 372 valence electrons. The van der Waals surface area contributed by atoms with Crippen LogP contribution in [-0.4, -0.2) is 103 Å². The van der Waals surface area contributed by atoms with Gasteiger partial charge in [0.05, 0.1) is 48.6 Å². The summed E-state index contributed by atoms with van der Waals surface area (Å²) in [7, 11) is 0. The van der Waals surface area contributed by atoms with E-state index in [-0.39, 0.29) is 52.7 Å². The molecule has 0 radical (unpaired) electrons. The number of piperidine rings is 1. The van der Waals surface area contributed by atoms with Gasteiger partial charge in [0.1, 0.15) is 17.3 Å². The average molecular weight is 1010 g/mol. The highest BCUT2D eigenvalue weighted by atomic mass is 35.5. The minimum Gasteiger partial charge on any atom is -0.379 e. The van der Waals surface area contributed by atoms with Gasteiger partial charge in [0.15, 0.2) is 5.78 Å². The van der Waals surface area contributed by atoms with E-state index in [0.717, 1.165) is 24.2 Å². The Labute approximate surface area is 419 Å². The summed E-state index contributed by atoms with van der Waals surface area (Å²) in [6.07, 6.45) is 5.73. The number of aryl methyl sites for hydroxylation is 1. The largest absolute Gasteiger partial charge is 0.379 e. The lowest BCUT2D eigenvalue weighted by molar-refractivity contribution is -0.136. The summed E-state index contributed by atoms with van der Waals surface area (Å²) in [5.74, 6) is -4.67. The second-order valence-electron chi connectivity index (χ2n) is 18.7. The Hall–Kier alpha value is -5.88. The van der Waals surface area contributed by atoms with Crippen molar-refractivity contribution in [3.8, 4) is 0 Å². The van der Waals surface area contributed by atoms with E-state index in [4.69, 9.17) is 37.4 Å². The maximum absolute atomic E-state index is 16.2. The van der Waals surface area contributed by atoms with Crippen LogP contribution in [0.15, 0.2) is 78.9 Å². The molecule has 71 heavy (non-hydrogen) atoms. The van der Waals surface area contributed by atoms with Gasteiger partial charge in [-0.25, -0.2) is 4.39 Å². The average Bonchev–Trinajstić information content (AvgIpc) is 3.91. The fourth-order valence-electron chi connectivity index (χ4n) is 11.4. The van der Waals surface area contributed by atoms with Crippen molar-refractivity contribution in [1.29, 1.82) is 0 Å². The first-order chi connectivity index (χ1) is 34.3. The lowest BCUT2D eigenvalue weighted by atomic mass is 9.55. The lowest BCUT2D eigenvalue weighted by Crippen LogP contribution is -2.60. The molecule has 6 amide bonds. The highest BCUT2D eigenvalue weighted by molar-refractivity contribution is 6.31. The fraction of sp³-hybridized carbons (Fsp3) is 0.415. The molecular formula is C53H54Cl2FN5O10. The van der Waals surface area contributed by atoms with Gasteiger partial charge in [-0.15, -0.1) is 0 Å². The Balaban J connectivity index is 0.705. The number of carbonyl (C=O) groups excluding carboxylic acids is 7. The van der Waals surface area contributed by atoms with Crippen molar-refractivity contribution in [2.75, 3.05) is 50.3 Å². The molecule has 3 fully saturated rings. The number of imide groups is 2. The van der Waals surface area contributed by atoms with Crippen LogP contribution < -0.4 is 21.3 Å². The number of nitrogens with one attached hydrogen (secondary N) is 4. The van der Waals surface area contributed by atoms with Crippen molar-refractivity contribution in [3.63, 3.8) is 0 Å². The van der Waals surface area contributed by atoms with Crippen LogP contribution in [0.2, 0.25) is 10.0 Å². The number of rotatable bonds is 19. The van der Waals surface area contributed by atoms with E-state index >= 15 is 4.39 Å². The molecule has 1 saturated carbocycles. The molecule has 18 heteroatoms. The van der Waals surface area contributed by atoms with Crippen LogP contribution in [0.25, 0.3) is 0 Å². The van der Waals surface area contributed by atoms with Gasteiger partial charge in [-0.05, 0) is 104 Å². The topological polar surface area (TPSA) is 199 Å². The van der Waals surface area contributed by atoms with E-state index in [1.165, 1.54) is 6.07 Å². The molecule has 1 unspecified atom stereocenters. The molecule has 15 nitrogen and oxygen atoms in total. The summed E-state index contributed by atoms with van der Waals surface area (Å²) >= 11 is 12.8. The Kier molecular flexibility index (Phi) is 15.1. The molecule has 2 saturated heterocycles. The highest BCUT2D eigenvalue weighted by Crippen LogP contribution is 2.63. The van der Waals surface area contributed by atoms with E-state index in [0.29, 0.717) is 105 Å². The van der Waals surface area contributed by atoms with E-state index in [9.17, 15) is 33.6 Å². The number of anilines is 2. The van der Waals surface area contributed by atoms with E-state index in [1.54, 1.807) is 66.7 Å². The number of hydrogen-bond donors (Lipinski definition) is 4. The maximum atomic E-state index is 16.2. The maximum Gasteiger partial charge on any atom is 0.262 e. The summed E-state index contributed by atoms with van der Waals surface area (Å²) in [5, 5.41) is 12.2. The van der Waals surface area contributed by atoms with Gasteiger partial charge in [0, 0.05) is 59.5 Å². The van der Waals surface area contributed by atoms with Crippen LogP contribution >= 0.6 is 23.2 Å². The molecule has 4 aromatic rings. The zero-order valence-electron chi connectivity index (χ0n) is 38.9. The second kappa shape index (κ2) is 21.5. The van der Waals surface area contributed by atoms with Gasteiger partial charge < -0.3 is 24.8 Å². The Morgan fingerprint density at radius 2 is 1.49 bits per heavy atom. The molecule has 4 heterocycles. The third-order valence-electron chi connectivity index (χ3n) is 14.5. The first kappa shape index (κ1) is 50.1. The summed E-state index contributed by atoms with van der Waals surface area (Å²) in [6.45, 7) is 2.10. The molecule has 0 aromatic heterocycles. The number of ether oxygens (including phenoxy) is 3. The Morgan fingerprint density at radius 3 is 2.23 bits per heavy atom. The first-order valence-corrected chi connectivity index (χ1v) is 24.9. The number of amides is 6. The van der Waals surface area contributed by atoms with Gasteiger partial charge >= 0.3 is 0 Å². The number of nitrogens with zero attached hydrogens (tertiary/aromatic N) is 1. The molecule has 4 aromatic carbocycles. The number of carbonyl (C=O) groups is 7. The van der Waals surface area contributed by atoms with Crippen LogP contribution in [-0.2, 0) is 45.2 Å². The van der Waals surface area contributed by atoms with E-state index in [1.807, 2.05) is 6.07 Å². The lowest BCUT2D eigenvalue weighted by Gasteiger charge is -2.47. The van der Waals surface area contributed by atoms with Crippen molar-refractivity contribution >= 4 is 75.8 Å². The molecule has 4 atom stereocenters. The number of benzene rings is 4. The minimum atomic E-state index is -1.36. The minimum absolute atomic E-state index is 0.0557. The molecular weight excluding hydrogens is 957 g/mol. The van der Waals surface area contributed by atoms with Gasteiger partial charge in [0.2, 0.25) is 23.6 Å².